The van der Waals surface area contributed by atoms with Gasteiger partial charge in [0.05, 0.1) is 6.10 Å². The zero-order chi connectivity index (χ0) is 10.3. The lowest BCUT2D eigenvalue weighted by Crippen LogP contribution is -2.16. The van der Waals surface area contributed by atoms with Gasteiger partial charge < -0.3 is 5.11 Å². The number of rotatable bonds is 3. The summed E-state index contributed by atoms with van der Waals surface area (Å²) >= 11 is 0. The molecule has 1 heterocycles. The average molecular weight is 203 g/mol. The van der Waals surface area contributed by atoms with Crippen molar-refractivity contribution in [2.24, 2.45) is 17.8 Å². The molecule has 1 aromatic rings. The Kier molecular flexibility index (Phi) is 2.24. The molecule has 0 spiro atoms. The Morgan fingerprint density at radius 3 is 2.60 bits per heavy atom. The monoisotopic (exact) mass is 203 g/mol. The standard InChI is InChI=1S/C13H17NO/c15-12(8-9-4-6-14-7-5-9)13-10-2-1-3-11(10)13/h4-7,10-13,15H,1-3,8H2. The third-order valence-electron chi connectivity index (χ3n) is 4.11. The number of hydrogen-bond donors (Lipinski definition) is 1. The first-order valence-electron chi connectivity index (χ1n) is 5.93. The lowest BCUT2D eigenvalue weighted by molar-refractivity contribution is 0.135. The molecule has 0 bridgehead atoms. The molecule has 0 aliphatic heterocycles. The first-order chi connectivity index (χ1) is 7.36. The zero-order valence-corrected chi connectivity index (χ0v) is 8.84. The van der Waals surface area contributed by atoms with Crippen LogP contribution in [0, 0.1) is 17.8 Å². The maximum absolute atomic E-state index is 10.1. The molecular weight excluding hydrogens is 186 g/mol. The van der Waals surface area contributed by atoms with Crippen molar-refractivity contribution in [3.05, 3.63) is 30.1 Å². The summed E-state index contributed by atoms with van der Waals surface area (Å²) < 4.78 is 0. The van der Waals surface area contributed by atoms with E-state index in [1.54, 1.807) is 12.4 Å². The molecule has 0 amide bonds. The molecule has 1 aromatic heterocycles. The molecule has 80 valence electrons. The van der Waals surface area contributed by atoms with E-state index < -0.39 is 0 Å². The van der Waals surface area contributed by atoms with Gasteiger partial charge in [-0.05, 0) is 54.7 Å². The largest absolute Gasteiger partial charge is 0.392 e. The molecule has 2 aliphatic carbocycles. The Morgan fingerprint density at radius 2 is 1.93 bits per heavy atom. The third kappa shape index (κ3) is 1.67. The molecule has 2 aliphatic rings. The Morgan fingerprint density at radius 1 is 1.27 bits per heavy atom. The van der Waals surface area contributed by atoms with E-state index in [1.807, 2.05) is 12.1 Å². The normalized spacial score (nSPS) is 34.9. The topological polar surface area (TPSA) is 33.1 Å². The van der Waals surface area contributed by atoms with Crippen molar-refractivity contribution in [1.82, 2.24) is 4.98 Å². The predicted octanol–water partition coefficient (Wildman–Crippen LogP) is 2.03. The maximum atomic E-state index is 10.1. The van der Waals surface area contributed by atoms with Crippen LogP contribution in [0.2, 0.25) is 0 Å². The highest BCUT2D eigenvalue weighted by Gasteiger charge is 2.55. The molecule has 0 aromatic carbocycles. The van der Waals surface area contributed by atoms with Crippen LogP contribution in [0.3, 0.4) is 0 Å². The van der Waals surface area contributed by atoms with Crippen molar-refractivity contribution in [3.63, 3.8) is 0 Å². The minimum absolute atomic E-state index is 0.123. The molecule has 0 saturated heterocycles. The van der Waals surface area contributed by atoms with E-state index in [4.69, 9.17) is 0 Å². The Balaban J connectivity index is 1.60. The first kappa shape index (κ1) is 9.34. The third-order valence-corrected chi connectivity index (χ3v) is 4.11. The maximum Gasteiger partial charge on any atom is 0.0614 e. The number of aliphatic hydroxyl groups is 1. The SMILES string of the molecule is OC(Cc1ccncc1)C1C2CCCC21. The quantitative estimate of drug-likeness (QED) is 0.815. The van der Waals surface area contributed by atoms with Gasteiger partial charge in [-0.3, -0.25) is 4.98 Å². The first-order valence-corrected chi connectivity index (χ1v) is 5.93. The summed E-state index contributed by atoms with van der Waals surface area (Å²) in [6.07, 6.45) is 8.37. The number of nitrogens with zero attached hydrogens (tertiary/aromatic N) is 1. The minimum atomic E-state index is -0.123. The molecule has 3 atom stereocenters. The highest BCUT2D eigenvalue weighted by atomic mass is 16.3. The van der Waals surface area contributed by atoms with Crippen LogP contribution in [0.1, 0.15) is 24.8 Å². The summed E-state index contributed by atoms with van der Waals surface area (Å²) in [4.78, 5) is 3.99. The molecule has 2 saturated carbocycles. The highest BCUT2D eigenvalue weighted by molar-refractivity contribution is 5.14. The number of aromatic nitrogens is 1. The summed E-state index contributed by atoms with van der Waals surface area (Å²) in [6, 6.07) is 4.00. The van der Waals surface area contributed by atoms with E-state index in [1.165, 1.54) is 24.8 Å². The number of pyridine rings is 1. The van der Waals surface area contributed by atoms with Crippen LogP contribution in [0.4, 0.5) is 0 Å². The van der Waals surface area contributed by atoms with Gasteiger partial charge in [-0.15, -0.1) is 0 Å². The van der Waals surface area contributed by atoms with E-state index in [0.29, 0.717) is 5.92 Å². The van der Waals surface area contributed by atoms with Crippen molar-refractivity contribution in [2.45, 2.75) is 31.8 Å². The fraction of sp³-hybridized carbons (Fsp3) is 0.615. The van der Waals surface area contributed by atoms with Crippen LogP contribution in [0.15, 0.2) is 24.5 Å². The van der Waals surface area contributed by atoms with E-state index >= 15 is 0 Å². The van der Waals surface area contributed by atoms with Gasteiger partial charge in [0.2, 0.25) is 0 Å². The molecular formula is C13H17NO. The number of hydrogen-bond acceptors (Lipinski definition) is 2. The molecule has 15 heavy (non-hydrogen) atoms. The van der Waals surface area contributed by atoms with E-state index in [-0.39, 0.29) is 6.10 Å². The molecule has 2 heteroatoms. The fourth-order valence-corrected chi connectivity index (χ4v) is 3.34. The molecule has 2 nitrogen and oxygen atoms in total. The lowest BCUT2D eigenvalue weighted by atomic mass is 10.0. The lowest BCUT2D eigenvalue weighted by Gasteiger charge is -2.12. The molecule has 3 rings (SSSR count). The zero-order valence-electron chi connectivity index (χ0n) is 8.84. The van der Waals surface area contributed by atoms with Crippen LogP contribution >= 0.6 is 0 Å². The van der Waals surface area contributed by atoms with Crippen LogP contribution in [0.5, 0.6) is 0 Å². The Labute approximate surface area is 90.4 Å². The molecule has 2 fully saturated rings. The van der Waals surface area contributed by atoms with Gasteiger partial charge in [-0.2, -0.15) is 0 Å². The van der Waals surface area contributed by atoms with Gasteiger partial charge in [0.1, 0.15) is 0 Å². The van der Waals surface area contributed by atoms with Crippen LogP contribution < -0.4 is 0 Å². The second kappa shape index (κ2) is 3.60. The fourth-order valence-electron chi connectivity index (χ4n) is 3.34. The minimum Gasteiger partial charge on any atom is -0.392 e. The summed E-state index contributed by atoms with van der Waals surface area (Å²) in [5, 5.41) is 10.1. The molecule has 0 radical (unpaired) electrons. The summed E-state index contributed by atoms with van der Waals surface area (Å²) in [6.45, 7) is 0. The van der Waals surface area contributed by atoms with Crippen molar-refractivity contribution in [2.75, 3.05) is 0 Å². The van der Waals surface area contributed by atoms with Crippen LogP contribution in [0.25, 0.3) is 0 Å². The summed E-state index contributed by atoms with van der Waals surface area (Å²) in [7, 11) is 0. The van der Waals surface area contributed by atoms with Crippen LogP contribution in [-0.4, -0.2) is 16.2 Å². The second-order valence-electron chi connectivity index (χ2n) is 4.96. The average Bonchev–Trinajstić information content (AvgIpc) is 2.75. The van der Waals surface area contributed by atoms with Crippen molar-refractivity contribution >= 4 is 0 Å². The van der Waals surface area contributed by atoms with Crippen molar-refractivity contribution in [3.8, 4) is 0 Å². The summed E-state index contributed by atoms with van der Waals surface area (Å²) in [5.41, 5.74) is 1.21. The van der Waals surface area contributed by atoms with Gasteiger partial charge in [-0.25, -0.2) is 0 Å². The van der Waals surface area contributed by atoms with Crippen molar-refractivity contribution in [1.29, 1.82) is 0 Å². The van der Waals surface area contributed by atoms with Crippen LogP contribution in [-0.2, 0) is 6.42 Å². The summed E-state index contributed by atoms with van der Waals surface area (Å²) in [5.74, 6) is 2.30. The predicted molar refractivity (Wildman–Crippen MR) is 58.3 cm³/mol. The van der Waals surface area contributed by atoms with E-state index in [2.05, 4.69) is 4.98 Å². The van der Waals surface area contributed by atoms with E-state index in [9.17, 15) is 5.11 Å². The van der Waals surface area contributed by atoms with E-state index in [0.717, 1.165) is 18.3 Å². The Bertz CT molecular complexity index is 328. The second-order valence-corrected chi connectivity index (χ2v) is 4.96. The highest BCUT2D eigenvalue weighted by Crippen LogP contribution is 2.59. The Hall–Kier alpha value is -0.890. The molecule has 1 N–H and O–H groups in total. The van der Waals surface area contributed by atoms with Gasteiger partial charge in [0, 0.05) is 12.4 Å². The van der Waals surface area contributed by atoms with Gasteiger partial charge in [0.15, 0.2) is 0 Å². The molecule has 3 unspecified atom stereocenters. The van der Waals surface area contributed by atoms with Gasteiger partial charge >= 0.3 is 0 Å². The van der Waals surface area contributed by atoms with Gasteiger partial charge in [-0.1, -0.05) is 6.42 Å². The van der Waals surface area contributed by atoms with Gasteiger partial charge in [0.25, 0.3) is 0 Å². The number of fused-ring (bicyclic) bond motifs is 1. The number of aliphatic hydroxyl groups excluding tert-OH is 1. The smallest absolute Gasteiger partial charge is 0.0614 e. The van der Waals surface area contributed by atoms with Crippen molar-refractivity contribution < 1.29 is 5.11 Å².